The Kier molecular flexibility index (Phi) is 3.69. The van der Waals surface area contributed by atoms with E-state index in [0.29, 0.717) is 6.54 Å². The van der Waals surface area contributed by atoms with Crippen molar-refractivity contribution in [1.29, 1.82) is 0 Å². The molecule has 106 valence electrons. The quantitative estimate of drug-likeness (QED) is 0.794. The smallest absolute Gasteiger partial charge is 0.102 e. The van der Waals surface area contributed by atoms with E-state index in [0.717, 1.165) is 17.1 Å². The fraction of sp³-hybridized carbons (Fsp3) is 0.176. The van der Waals surface area contributed by atoms with E-state index in [9.17, 15) is 0 Å². The summed E-state index contributed by atoms with van der Waals surface area (Å²) in [5.41, 5.74) is 5.58. The predicted molar refractivity (Wildman–Crippen MR) is 84.6 cm³/mol. The molecule has 3 rings (SSSR count). The Labute approximate surface area is 124 Å². The van der Waals surface area contributed by atoms with Gasteiger partial charge in [0.25, 0.3) is 0 Å². The Balaban J connectivity index is 1.72. The van der Waals surface area contributed by atoms with Crippen LogP contribution in [-0.4, -0.2) is 15.0 Å². The minimum absolute atomic E-state index is 0.664. The maximum absolute atomic E-state index is 4.49. The molecule has 4 nitrogen and oxygen atoms in total. The highest BCUT2D eigenvalue weighted by molar-refractivity contribution is 5.53. The Hall–Kier alpha value is -2.62. The minimum atomic E-state index is 0.664. The zero-order chi connectivity index (χ0) is 14.7. The summed E-state index contributed by atoms with van der Waals surface area (Å²) < 4.78 is 0. The van der Waals surface area contributed by atoms with Gasteiger partial charge in [-0.25, -0.2) is 0 Å². The van der Waals surface area contributed by atoms with Crippen molar-refractivity contribution in [1.82, 2.24) is 15.0 Å². The lowest BCUT2D eigenvalue weighted by Gasteiger charge is -2.09. The van der Waals surface area contributed by atoms with E-state index in [1.165, 1.54) is 11.1 Å². The summed E-state index contributed by atoms with van der Waals surface area (Å²) in [6.07, 6.45) is 1.80. The minimum Gasteiger partial charge on any atom is -0.379 e. The fourth-order valence-corrected chi connectivity index (χ4v) is 2.19. The van der Waals surface area contributed by atoms with Gasteiger partial charge in [0.1, 0.15) is 5.69 Å². The summed E-state index contributed by atoms with van der Waals surface area (Å²) in [4.78, 5) is 1.65. The normalized spacial score (nSPS) is 10.6. The molecule has 0 bridgehead atoms. The van der Waals surface area contributed by atoms with E-state index >= 15 is 0 Å². The molecule has 0 fully saturated rings. The van der Waals surface area contributed by atoms with Crippen LogP contribution in [0.15, 0.2) is 54.7 Å². The maximum atomic E-state index is 4.49. The highest BCUT2D eigenvalue weighted by atomic mass is 15.5. The molecule has 3 aromatic rings. The highest BCUT2D eigenvalue weighted by Crippen LogP contribution is 2.18. The second kappa shape index (κ2) is 5.79. The molecule has 0 saturated carbocycles. The molecule has 2 aromatic carbocycles. The molecular formula is C17H18N4. The molecule has 0 atom stereocenters. The molecule has 1 N–H and O–H groups in total. The summed E-state index contributed by atoms with van der Waals surface area (Å²) in [5.74, 6) is 0. The number of para-hydroxylation sites is 1. The molecule has 0 radical (unpaired) electrons. The van der Waals surface area contributed by atoms with Gasteiger partial charge in [-0.15, -0.1) is 0 Å². The summed E-state index contributed by atoms with van der Waals surface area (Å²) in [6.45, 7) is 4.90. The zero-order valence-corrected chi connectivity index (χ0v) is 12.2. The maximum Gasteiger partial charge on any atom is 0.102 e. The molecule has 0 unspecified atom stereocenters. The Morgan fingerprint density at radius 2 is 1.81 bits per heavy atom. The van der Waals surface area contributed by atoms with Gasteiger partial charge in [0.15, 0.2) is 0 Å². The summed E-state index contributed by atoms with van der Waals surface area (Å²) in [5, 5.41) is 12.2. The first kappa shape index (κ1) is 13.4. The van der Waals surface area contributed by atoms with Gasteiger partial charge in [0, 0.05) is 5.69 Å². The third-order valence-corrected chi connectivity index (χ3v) is 3.59. The Morgan fingerprint density at radius 1 is 1.00 bits per heavy atom. The van der Waals surface area contributed by atoms with Crippen molar-refractivity contribution in [3.05, 3.63) is 71.5 Å². The van der Waals surface area contributed by atoms with Crippen LogP contribution in [0, 0.1) is 13.8 Å². The molecule has 0 amide bonds. The third kappa shape index (κ3) is 2.94. The van der Waals surface area contributed by atoms with Crippen LogP contribution in [0.25, 0.3) is 5.69 Å². The van der Waals surface area contributed by atoms with Crippen LogP contribution in [-0.2, 0) is 6.54 Å². The van der Waals surface area contributed by atoms with Gasteiger partial charge in [-0.05, 0) is 43.2 Å². The fourth-order valence-electron chi connectivity index (χ4n) is 2.19. The third-order valence-electron chi connectivity index (χ3n) is 3.59. The van der Waals surface area contributed by atoms with E-state index in [-0.39, 0.29) is 0 Å². The number of nitrogens with zero attached hydrogens (tertiary/aromatic N) is 3. The molecule has 0 saturated heterocycles. The van der Waals surface area contributed by atoms with Crippen LogP contribution in [0.1, 0.15) is 16.8 Å². The van der Waals surface area contributed by atoms with E-state index in [1.54, 1.807) is 11.0 Å². The number of aryl methyl sites for hydroxylation is 1. The van der Waals surface area contributed by atoms with Crippen molar-refractivity contribution in [2.75, 3.05) is 5.32 Å². The standard InChI is InChI=1S/C17H18N4/c1-13-7-6-10-17(14(13)2)18-11-15-12-19-21(20-15)16-8-4-3-5-9-16/h3-10,12,18H,11H2,1-2H3. The van der Waals surface area contributed by atoms with Crippen LogP contribution in [0.5, 0.6) is 0 Å². The average Bonchev–Trinajstić information content (AvgIpc) is 2.99. The van der Waals surface area contributed by atoms with Crippen LogP contribution in [0.4, 0.5) is 5.69 Å². The first-order chi connectivity index (χ1) is 10.2. The zero-order valence-electron chi connectivity index (χ0n) is 12.2. The molecule has 4 heteroatoms. The van der Waals surface area contributed by atoms with Crippen LogP contribution in [0.2, 0.25) is 0 Å². The van der Waals surface area contributed by atoms with Crippen LogP contribution < -0.4 is 5.32 Å². The SMILES string of the molecule is Cc1cccc(NCc2cnn(-c3ccccc3)n2)c1C. The Bertz CT molecular complexity index is 732. The topological polar surface area (TPSA) is 42.7 Å². The van der Waals surface area contributed by atoms with Crippen molar-refractivity contribution in [3.8, 4) is 5.69 Å². The van der Waals surface area contributed by atoms with Gasteiger partial charge >= 0.3 is 0 Å². The highest BCUT2D eigenvalue weighted by Gasteiger charge is 2.04. The number of rotatable bonds is 4. The van der Waals surface area contributed by atoms with E-state index in [1.807, 2.05) is 30.3 Å². The van der Waals surface area contributed by atoms with Crippen LogP contribution in [0.3, 0.4) is 0 Å². The number of benzene rings is 2. The number of aromatic nitrogens is 3. The number of hydrogen-bond acceptors (Lipinski definition) is 3. The van der Waals surface area contributed by atoms with Gasteiger partial charge in [0.05, 0.1) is 18.4 Å². The molecule has 21 heavy (non-hydrogen) atoms. The van der Waals surface area contributed by atoms with Gasteiger partial charge in [-0.3, -0.25) is 0 Å². The molecule has 0 spiro atoms. The van der Waals surface area contributed by atoms with Crippen molar-refractivity contribution in [3.63, 3.8) is 0 Å². The summed E-state index contributed by atoms with van der Waals surface area (Å²) in [6, 6.07) is 16.2. The van der Waals surface area contributed by atoms with E-state index in [4.69, 9.17) is 0 Å². The number of anilines is 1. The van der Waals surface area contributed by atoms with Gasteiger partial charge in [-0.2, -0.15) is 15.0 Å². The van der Waals surface area contributed by atoms with E-state index in [2.05, 4.69) is 47.6 Å². The largest absolute Gasteiger partial charge is 0.379 e. The van der Waals surface area contributed by atoms with Crippen LogP contribution >= 0.6 is 0 Å². The summed E-state index contributed by atoms with van der Waals surface area (Å²) in [7, 11) is 0. The number of nitrogens with one attached hydrogen (secondary N) is 1. The first-order valence-corrected chi connectivity index (χ1v) is 7.01. The first-order valence-electron chi connectivity index (χ1n) is 7.01. The predicted octanol–water partition coefficient (Wildman–Crippen LogP) is 3.50. The van der Waals surface area contributed by atoms with Crippen molar-refractivity contribution < 1.29 is 0 Å². The van der Waals surface area contributed by atoms with Gasteiger partial charge in [0.2, 0.25) is 0 Å². The van der Waals surface area contributed by atoms with Crippen molar-refractivity contribution in [2.45, 2.75) is 20.4 Å². The monoisotopic (exact) mass is 278 g/mol. The lowest BCUT2D eigenvalue weighted by molar-refractivity contribution is 0.740. The van der Waals surface area contributed by atoms with Crippen molar-refractivity contribution >= 4 is 5.69 Å². The Morgan fingerprint density at radius 3 is 2.62 bits per heavy atom. The molecule has 1 aromatic heterocycles. The lowest BCUT2D eigenvalue weighted by atomic mass is 10.1. The second-order valence-electron chi connectivity index (χ2n) is 5.06. The molecule has 0 aliphatic heterocycles. The molecular weight excluding hydrogens is 260 g/mol. The molecule has 0 aliphatic rings. The van der Waals surface area contributed by atoms with Gasteiger partial charge in [-0.1, -0.05) is 30.3 Å². The number of hydrogen-bond donors (Lipinski definition) is 1. The average molecular weight is 278 g/mol. The van der Waals surface area contributed by atoms with Crippen molar-refractivity contribution in [2.24, 2.45) is 0 Å². The van der Waals surface area contributed by atoms with Gasteiger partial charge < -0.3 is 5.32 Å². The van der Waals surface area contributed by atoms with E-state index < -0.39 is 0 Å². The second-order valence-corrected chi connectivity index (χ2v) is 5.06. The lowest BCUT2D eigenvalue weighted by Crippen LogP contribution is -2.04. The summed E-state index contributed by atoms with van der Waals surface area (Å²) >= 11 is 0. The molecule has 0 aliphatic carbocycles. The molecule has 1 heterocycles.